The average molecular weight is 221 g/mol. The van der Waals surface area contributed by atoms with Crippen molar-refractivity contribution in [1.29, 1.82) is 0 Å². The van der Waals surface area contributed by atoms with E-state index in [1.54, 1.807) is 7.05 Å². The Bertz CT molecular complexity index is 398. The van der Waals surface area contributed by atoms with Gasteiger partial charge >= 0.3 is 0 Å². The molecule has 5 nitrogen and oxygen atoms in total. The van der Waals surface area contributed by atoms with E-state index in [1.165, 1.54) is 0 Å². The van der Waals surface area contributed by atoms with Crippen molar-refractivity contribution in [2.24, 2.45) is 0 Å². The average Bonchev–Trinajstić information content (AvgIpc) is 2.78. The minimum atomic E-state index is -0.101. The SMILES string of the molecule is CNC(=O)Cc1noc(C2CC=CCC2)n1. The van der Waals surface area contributed by atoms with Gasteiger partial charge in [-0.05, 0) is 19.3 Å². The highest BCUT2D eigenvalue weighted by Crippen LogP contribution is 2.27. The molecule has 16 heavy (non-hydrogen) atoms. The fourth-order valence-corrected chi connectivity index (χ4v) is 1.75. The highest BCUT2D eigenvalue weighted by molar-refractivity contribution is 5.77. The topological polar surface area (TPSA) is 68.0 Å². The third-order valence-electron chi connectivity index (χ3n) is 2.70. The summed E-state index contributed by atoms with van der Waals surface area (Å²) >= 11 is 0. The maximum Gasteiger partial charge on any atom is 0.230 e. The maximum atomic E-state index is 11.1. The van der Waals surface area contributed by atoms with Gasteiger partial charge in [0.1, 0.15) is 0 Å². The summed E-state index contributed by atoms with van der Waals surface area (Å²) in [7, 11) is 1.59. The van der Waals surface area contributed by atoms with E-state index in [9.17, 15) is 4.79 Å². The fraction of sp³-hybridized carbons (Fsp3) is 0.545. The van der Waals surface area contributed by atoms with Gasteiger partial charge in [0.05, 0.1) is 6.42 Å². The smallest absolute Gasteiger partial charge is 0.230 e. The van der Waals surface area contributed by atoms with E-state index >= 15 is 0 Å². The van der Waals surface area contributed by atoms with E-state index in [0.29, 0.717) is 17.6 Å². The second-order valence-electron chi connectivity index (χ2n) is 3.88. The number of hydrogen-bond donors (Lipinski definition) is 1. The lowest BCUT2D eigenvalue weighted by atomic mass is 9.94. The Morgan fingerprint density at radius 3 is 3.19 bits per heavy atom. The van der Waals surface area contributed by atoms with E-state index in [4.69, 9.17) is 4.52 Å². The van der Waals surface area contributed by atoms with Crippen molar-refractivity contribution in [3.05, 3.63) is 23.9 Å². The molecule has 86 valence electrons. The summed E-state index contributed by atoms with van der Waals surface area (Å²) in [6.45, 7) is 0. The Balaban J connectivity index is 2.01. The quantitative estimate of drug-likeness (QED) is 0.778. The highest BCUT2D eigenvalue weighted by Gasteiger charge is 2.19. The van der Waals surface area contributed by atoms with Crippen LogP contribution in [0.5, 0.6) is 0 Å². The summed E-state index contributed by atoms with van der Waals surface area (Å²) in [5.41, 5.74) is 0. The van der Waals surface area contributed by atoms with Crippen LogP contribution in [0.2, 0.25) is 0 Å². The number of allylic oxidation sites excluding steroid dienone is 2. The molecular weight excluding hydrogens is 206 g/mol. The van der Waals surface area contributed by atoms with Gasteiger partial charge in [-0.15, -0.1) is 0 Å². The van der Waals surface area contributed by atoms with Crippen LogP contribution in [0, 0.1) is 0 Å². The summed E-state index contributed by atoms with van der Waals surface area (Å²) in [6, 6.07) is 0. The van der Waals surface area contributed by atoms with Crippen LogP contribution in [-0.4, -0.2) is 23.1 Å². The van der Waals surface area contributed by atoms with E-state index in [1.807, 2.05) is 0 Å². The number of likely N-dealkylation sites (N-methyl/N-ethyl adjacent to an activating group) is 1. The summed E-state index contributed by atoms with van der Waals surface area (Å²) in [5, 5.41) is 6.34. The van der Waals surface area contributed by atoms with Gasteiger partial charge in [0.2, 0.25) is 11.8 Å². The molecule has 0 bridgehead atoms. The van der Waals surface area contributed by atoms with Crippen LogP contribution in [0.3, 0.4) is 0 Å². The lowest BCUT2D eigenvalue weighted by Gasteiger charge is -2.12. The third kappa shape index (κ3) is 2.48. The number of aromatic nitrogens is 2. The first-order valence-electron chi connectivity index (χ1n) is 5.47. The van der Waals surface area contributed by atoms with Crippen LogP contribution in [0.1, 0.15) is 36.9 Å². The zero-order chi connectivity index (χ0) is 11.4. The highest BCUT2D eigenvalue weighted by atomic mass is 16.5. The van der Waals surface area contributed by atoms with E-state index in [2.05, 4.69) is 27.6 Å². The van der Waals surface area contributed by atoms with Crippen molar-refractivity contribution in [2.45, 2.75) is 31.6 Å². The van der Waals surface area contributed by atoms with Crippen molar-refractivity contribution in [2.75, 3.05) is 7.05 Å². The van der Waals surface area contributed by atoms with E-state index in [0.717, 1.165) is 19.3 Å². The molecule has 1 atom stereocenters. The van der Waals surface area contributed by atoms with E-state index in [-0.39, 0.29) is 12.3 Å². The molecule has 1 amide bonds. The largest absolute Gasteiger partial charge is 0.359 e. The molecule has 0 spiro atoms. The Morgan fingerprint density at radius 1 is 1.62 bits per heavy atom. The van der Waals surface area contributed by atoms with Crippen molar-refractivity contribution in [3.8, 4) is 0 Å². The monoisotopic (exact) mass is 221 g/mol. The van der Waals surface area contributed by atoms with Crippen molar-refractivity contribution < 1.29 is 9.32 Å². The maximum absolute atomic E-state index is 11.1. The summed E-state index contributed by atoms with van der Waals surface area (Å²) in [6.07, 6.45) is 7.52. The molecule has 2 rings (SSSR count). The molecule has 1 aliphatic rings. The van der Waals surface area contributed by atoms with Crippen LogP contribution in [-0.2, 0) is 11.2 Å². The lowest BCUT2D eigenvalue weighted by Crippen LogP contribution is -2.20. The van der Waals surface area contributed by atoms with E-state index < -0.39 is 0 Å². The molecular formula is C11H15N3O2. The van der Waals surface area contributed by atoms with Gasteiger partial charge in [-0.3, -0.25) is 4.79 Å². The summed E-state index contributed by atoms with van der Waals surface area (Å²) < 4.78 is 5.17. The predicted octanol–water partition coefficient (Wildman–Crippen LogP) is 1.18. The normalized spacial score (nSPS) is 19.7. The number of amides is 1. The Kier molecular flexibility index (Phi) is 3.34. The molecule has 0 saturated heterocycles. The first kappa shape index (κ1) is 10.9. The van der Waals surface area contributed by atoms with Gasteiger partial charge in [-0.25, -0.2) is 0 Å². The van der Waals surface area contributed by atoms with Crippen LogP contribution < -0.4 is 5.32 Å². The number of carbonyl (C=O) groups excluding carboxylic acids is 1. The second-order valence-corrected chi connectivity index (χ2v) is 3.88. The van der Waals surface area contributed by atoms with Gasteiger partial charge in [-0.1, -0.05) is 17.3 Å². The standard InChI is InChI=1S/C11H15N3O2/c1-12-10(15)7-9-13-11(16-14-9)8-5-3-2-4-6-8/h2-3,8H,4-7H2,1H3,(H,12,15). The van der Waals surface area contributed by atoms with Gasteiger partial charge in [0.25, 0.3) is 0 Å². The number of nitrogens with one attached hydrogen (secondary N) is 1. The van der Waals surface area contributed by atoms with Crippen LogP contribution in [0.25, 0.3) is 0 Å². The zero-order valence-electron chi connectivity index (χ0n) is 9.27. The van der Waals surface area contributed by atoms with Gasteiger partial charge in [-0.2, -0.15) is 4.98 Å². The first-order valence-corrected chi connectivity index (χ1v) is 5.47. The van der Waals surface area contributed by atoms with Crippen LogP contribution in [0.4, 0.5) is 0 Å². The lowest BCUT2D eigenvalue weighted by molar-refractivity contribution is -0.120. The zero-order valence-corrected chi connectivity index (χ0v) is 9.27. The molecule has 0 aromatic carbocycles. The van der Waals surface area contributed by atoms with Gasteiger partial charge in [0, 0.05) is 13.0 Å². The molecule has 0 fully saturated rings. The second kappa shape index (κ2) is 4.92. The molecule has 1 N–H and O–H groups in total. The minimum Gasteiger partial charge on any atom is -0.359 e. The fourth-order valence-electron chi connectivity index (χ4n) is 1.75. The Hall–Kier alpha value is -1.65. The summed E-state index contributed by atoms with van der Waals surface area (Å²) in [4.78, 5) is 15.4. The van der Waals surface area contributed by atoms with Crippen LogP contribution >= 0.6 is 0 Å². The molecule has 1 aromatic rings. The van der Waals surface area contributed by atoms with Gasteiger partial charge in [0.15, 0.2) is 5.82 Å². The van der Waals surface area contributed by atoms with Crippen molar-refractivity contribution in [3.63, 3.8) is 0 Å². The van der Waals surface area contributed by atoms with Crippen molar-refractivity contribution >= 4 is 5.91 Å². The number of rotatable bonds is 3. The third-order valence-corrected chi connectivity index (χ3v) is 2.70. The van der Waals surface area contributed by atoms with Crippen LogP contribution in [0.15, 0.2) is 16.7 Å². The molecule has 1 aliphatic carbocycles. The summed E-state index contributed by atoms with van der Waals surface area (Å²) in [5.74, 6) is 1.33. The van der Waals surface area contributed by atoms with Crippen molar-refractivity contribution in [1.82, 2.24) is 15.5 Å². The molecule has 1 heterocycles. The molecule has 1 aromatic heterocycles. The first-order chi connectivity index (χ1) is 7.79. The van der Waals surface area contributed by atoms with Gasteiger partial charge < -0.3 is 9.84 Å². The molecule has 0 saturated carbocycles. The number of carbonyl (C=O) groups is 1. The molecule has 0 aliphatic heterocycles. The Labute approximate surface area is 93.9 Å². The number of hydrogen-bond acceptors (Lipinski definition) is 4. The number of nitrogens with zero attached hydrogens (tertiary/aromatic N) is 2. The Morgan fingerprint density at radius 2 is 2.50 bits per heavy atom. The predicted molar refractivity (Wildman–Crippen MR) is 57.8 cm³/mol. The molecule has 0 radical (unpaired) electrons. The minimum absolute atomic E-state index is 0.101. The molecule has 5 heteroatoms. The molecule has 1 unspecified atom stereocenters.